The first-order valence-electron chi connectivity index (χ1n) is 7.43. The summed E-state index contributed by atoms with van der Waals surface area (Å²) in [7, 11) is 2.05. The highest BCUT2D eigenvalue weighted by molar-refractivity contribution is 9.10. The number of hydrogen-bond acceptors (Lipinski definition) is 6. The number of thioether (sulfide) groups is 1. The third kappa shape index (κ3) is 3.23. The van der Waals surface area contributed by atoms with E-state index in [2.05, 4.69) is 35.9 Å². The molecule has 22 heavy (non-hydrogen) atoms. The molecule has 1 saturated carbocycles. The first-order chi connectivity index (χ1) is 10.6. The third-order valence-electron chi connectivity index (χ3n) is 4.16. The van der Waals surface area contributed by atoms with Gasteiger partial charge in [0.1, 0.15) is 0 Å². The van der Waals surface area contributed by atoms with E-state index in [1.807, 2.05) is 13.3 Å². The molecule has 2 aromatic heterocycles. The molecule has 0 aliphatic heterocycles. The molecule has 8 heteroatoms. The summed E-state index contributed by atoms with van der Waals surface area (Å²) in [5.41, 5.74) is 0.792. The van der Waals surface area contributed by atoms with Gasteiger partial charge in [-0.3, -0.25) is 0 Å². The molecule has 0 radical (unpaired) electrons. The number of aliphatic hydroxyl groups is 1. The van der Waals surface area contributed by atoms with Crippen molar-refractivity contribution in [2.24, 2.45) is 5.92 Å². The Balaban J connectivity index is 1.85. The zero-order valence-electron chi connectivity index (χ0n) is 12.7. The number of halogens is 1. The molecule has 0 saturated heterocycles. The van der Waals surface area contributed by atoms with Crippen LogP contribution in [0.5, 0.6) is 0 Å². The van der Waals surface area contributed by atoms with Crippen LogP contribution in [-0.2, 0) is 0 Å². The summed E-state index contributed by atoms with van der Waals surface area (Å²) in [4.78, 5) is 11.3. The number of rotatable bonds is 4. The second-order valence-electron chi connectivity index (χ2n) is 5.79. The van der Waals surface area contributed by atoms with Crippen LogP contribution in [0.15, 0.2) is 15.8 Å². The van der Waals surface area contributed by atoms with E-state index in [0.29, 0.717) is 5.92 Å². The average Bonchev–Trinajstić information content (AvgIpc) is 2.90. The molecule has 0 amide bonds. The van der Waals surface area contributed by atoms with Crippen LogP contribution in [0.1, 0.15) is 25.7 Å². The monoisotopic (exact) mass is 385 g/mol. The minimum atomic E-state index is -0.113. The van der Waals surface area contributed by atoms with Gasteiger partial charge in [0.2, 0.25) is 5.95 Å². The van der Waals surface area contributed by atoms with Gasteiger partial charge in [0.25, 0.3) is 0 Å². The Morgan fingerprint density at radius 3 is 2.77 bits per heavy atom. The standard InChI is InChI=1S/C14H20BrN5OS/c1-19(8-9-3-5-10(21)6-4-9)14-18-13(22-2)17-12-11(15)7-16-20(12)14/h7,9-10,21H,3-6,8H2,1-2H3. The summed E-state index contributed by atoms with van der Waals surface area (Å²) < 4.78 is 2.65. The molecule has 1 N–H and O–H groups in total. The smallest absolute Gasteiger partial charge is 0.230 e. The van der Waals surface area contributed by atoms with Gasteiger partial charge in [-0.05, 0) is 53.8 Å². The largest absolute Gasteiger partial charge is 0.393 e. The third-order valence-corrected chi connectivity index (χ3v) is 5.27. The highest BCUT2D eigenvalue weighted by atomic mass is 79.9. The summed E-state index contributed by atoms with van der Waals surface area (Å²) in [6.07, 6.45) is 7.56. The van der Waals surface area contributed by atoms with Gasteiger partial charge < -0.3 is 10.0 Å². The van der Waals surface area contributed by atoms with Crippen LogP contribution in [0.3, 0.4) is 0 Å². The summed E-state index contributed by atoms with van der Waals surface area (Å²) in [6.45, 7) is 0.921. The van der Waals surface area contributed by atoms with Crippen molar-refractivity contribution >= 4 is 39.3 Å². The fraction of sp³-hybridized carbons (Fsp3) is 0.643. The van der Waals surface area contributed by atoms with E-state index in [9.17, 15) is 5.11 Å². The van der Waals surface area contributed by atoms with E-state index < -0.39 is 0 Å². The molecule has 2 heterocycles. The maximum atomic E-state index is 9.63. The fourth-order valence-electron chi connectivity index (χ4n) is 2.95. The fourth-order valence-corrected chi connectivity index (χ4v) is 3.65. The van der Waals surface area contributed by atoms with Crippen LogP contribution in [0, 0.1) is 5.92 Å². The summed E-state index contributed by atoms with van der Waals surface area (Å²) in [5.74, 6) is 1.40. The van der Waals surface area contributed by atoms with Crippen molar-refractivity contribution in [3.05, 3.63) is 10.7 Å². The Morgan fingerprint density at radius 2 is 2.09 bits per heavy atom. The van der Waals surface area contributed by atoms with E-state index in [1.54, 1.807) is 10.7 Å². The van der Waals surface area contributed by atoms with Gasteiger partial charge in [-0.2, -0.15) is 14.6 Å². The van der Waals surface area contributed by atoms with E-state index in [4.69, 9.17) is 0 Å². The van der Waals surface area contributed by atoms with Crippen LogP contribution >= 0.6 is 27.7 Å². The Bertz CT molecular complexity index is 656. The molecule has 3 rings (SSSR count). The van der Waals surface area contributed by atoms with Crippen molar-refractivity contribution in [2.45, 2.75) is 36.9 Å². The summed E-state index contributed by atoms with van der Waals surface area (Å²) in [5, 5.41) is 14.8. The van der Waals surface area contributed by atoms with Crippen molar-refractivity contribution in [1.29, 1.82) is 0 Å². The summed E-state index contributed by atoms with van der Waals surface area (Å²) >= 11 is 5.02. The highest BCUT2D eigenvalue weighted by Gasteiger charge is 2.22. The Morgan fingerprint density at radius 1 is 1.36 bits per heavy atom. The quantitative estimate of drug-likeness (QED) is 0.815. The number of anilines is 1. The molecule has 1 fully saturated rings. The van der Waals surface area contributed by atoms with Gasteiger partial charge in [-0.15, -0.1) is 0 Å². The number of aliphatic hydroxyl groups excluding tert-OH is 1. The Labute approximate surface area is 142 Å². The molecule has 6 nitrogen and oxygen atoms in total. The van der Waals surface area contributed by atoms with Gasteiger partial charge in [0.15, 0.2) is 10.8 Å². The van der Waals surface area contributed by atoms with Gasteiger partial charge in [-0.1, -0.05) is 11.8 Å². The maximum Gasteiger partial charge on any atom is 0.230 e. The zero-order chi connectivity index (χ0) is 15.7. The predicted molar refractivity (Wildman–Crippen MR) is 91.5 cm³/mol. The summed E-state index contributed by atoms with van der Waals surface area (Å²) in [6, 6.07) is 0. The molecular formula is C14H20BrN5OS. The molecule has 0 aromatic carbocycles. The second-order valence-corrected chi connectivity index (χ2v) is 7.42. The van der Waals surface area contributed by atoms with E-state index in [0.717, 1.165) is 53.5 Å². The molecule has 0 unspecified atom stereocenters. The second kappa shape index (κ2) is 6.72. The zero-order valence-corrected chi connectivity index (χ0v) is 15.1. The average molecular weight is 386 g/mol. The van der Waals surface area contributed by atoms with Gasteiger partial charge >= 0.3 is 0 Å². The van der Waals surface area contributed by atoms with Crippen LogP contribution in [0.2, 0.25) is 0 Å². The molecule has 1 aliphatic carbocycles. The number of fused-ring (bicyclic) bond motifs is 1. The number of aromatic nitrogens is 4. The van der Waals surface area contributed by atoms with Crippen molar-refractivity contribution in [1.82, 2.24) is 19.6 Å². The lowest BCUT2D eigenvalue weighted by Gasteiger charge is -2.29. The van der Waals surface area contributed by atoms with Crippen LogP contribution in [0.25, 0.3) is 5.65 Å². The van der Waals surface area contributed by atoms with Crippen LogP contribution < -0.4 is 4.90 Å². The first-order valence-corrected chi connectivity index (χ1v) is 9.44. The van der Waals surface area contributed by atoms with E-state index >= 15 is 0 Å². The number of hydrogen-bond donors (Lipinski definition) is 1. The molecule has 120 valence electrons. The molecule has 0 atom stereocenters. The molecular weight excluding hydrogens is 366 g/mol. The lowest BCUT2D eigenvalue weighted by molar-refractivity contribution is 0.110. The van der Waals surface area contributed by atoms with Crippen LogP contribution in [0.4, 0.5) is 5.95 Å². The van der Waals surface area contributed by atoms with Crippen molar-refractivity contribution in [3.8, 4) is 0 Å². The topological polar surface area (TPSA) is 66.5 Å². The normalized spacial score (nSPS) is 22.2. The predicted octanol–water partition coefficient (Wildman–Crippen LogP) is 2.60. The van der Waals surface area contributed by atoms with Crippen molar-refractivity contribution in [3.63, 3.8) is 0 Å². The molecule has 0 bridgehead atoms. The van der Waals surface area contributed by atoms with Gasteiger partial charge in [-0.25, -0.2) is 4.98 Å². The molecule has 0 spiro atoms. The molecule has 1 aliphatic rings. The van der Waals surface area contributed by atoms with Crippen molar-refractivity contribution < 1.29 is 5.11 Å². The van der Waals surface area contributed by atoms with Crippen molar-refractivity contribution in [2.75, 3.05) is 24.7 Å². The van der Waals surface area contributed by atoms with E-state index in [1.165, 1.54) is 11.8 Å². The van der Waals surface area contributed by atoms with Gasteiger partial charge in [0, 0.05) is 13.6 Å². The minimum absolute atomic E-state index is 0.113. The Hall–Kier alpha value is -0.860. The van der Waals surface area contributed by atoms with Crippen LogP contribution in [-0.4, -0.2) is 50.6 Å². The highest BCUT2D eigenvalue weighted by Crippen LogP contribution is 2.27. The maximum absolute atomic E-state index is 9.63. The lowest BCUT2D eigenvalue weighted by atomic mass is 9.87. The molecule has 2 aromatic rings. The Kier molecular flexibility index (Phi) is 4.89. The SMILES string of the molecule is CSc1nc(N(C)CC2CCC(O)CC2)n2ncc(Br)c2n1. The lowest BCUT2D eigenvalue weighted by Crippen LogP contribution is -2.31. The van der Waals surface area contributed by atoms with E-state index in [-0.39, 0.29) is 6.10 Å². The van der Waals surface area contributed by atoms with Gasteiger partial charge in [0.05, 0.1) is 16.8 Å². The minimum Gasteiger partial charge on any atom is -0.393 e. The first kappa shape index (κ1) is 16.0. The number of nitrogens with zero attached hydrogens (tertiary/aromatic N) is 5.